The molecular formula is C18H21N3S. The highest BCUT2D eigenvalue weighted by Gasteiger charge is 2.22. The van der Waals surface area contributed by atoms with Gasteiger partial charge >= 0.3 is 0 Å². The Morgan fingerprint density at radius 2 is 1.95 bits per heavy atom. The monoisotopic (exact) mass is 311 g/mol. The number of aryl methyl sites for hydroxylation is 2. The van der Waals surface area contributed by atoms with Crippen LogP contribution in [-0.2, 0) is 0 Å². The molecule has 1 aromatic carbocycles. The first-order chi connectivity index (χ1) is 10.7. The van der Waals surface area contributed by atoms with Gasteiger partial charge in [-0.1, -0.05) is 6.07 Å². The molecule has 4 heteroatoms. The molecule has 1 N–H and O–H groups in total. The van der Waals surface area contributed by atoms with Crippen molar-refractivity contribution in [2.24, 2.45) is 0 Å². The van der Waals surface area contributed by atoms with Crippen molar-refractivity contribution in [3.63, 3.8) is 0 Å². The van der Waals surface area contributed by atoms with E-state index in [1.54, 1.807) is 11.3 Å². The number of piperidine rings is 1. The van der Waals surface area contributed by atoms with Gasteiger partial charge in [-0.2, -0.15) is 0 Å². The number of aromatic nitrogens is 2. The number of hydrogen-bond donors (Lipinski definition) is 1. The summed E-state index contributed by atoms with van der Waals surface area (Å²) < 4.78 is 2.49. The number of rotatable bonds is 2. The molecule has 0 amide bonds. The molecule has 1 aliphatic heterocycles. The average Bonchev–Trinajstić information content (AvgIpc) is 3.16. The van der Waals surface area contributed by atoms with Gasteiger partial charge in [-0.3, -0.25) is 0 Å². The Hall–Kier alpha value is -1.65. The summed E-state index contributed by atoms with van der Waals surface area (Å²) in [6, 6.07) is 9.40. The molecule has 3 nitrogen and oxygen atoms in total. The van der Waals surface area contributed by atoms with Crippen molar-refractivity contribution in [3.05, 3.63) is 40.8 Å². The van der Waals surface area contributed by atoms with Gasteiger partial charge in [0, 0.05) is 6.04 Å². The molecule has 0 saturated carbocycles. The van der Waals surface area contributed by atoms with E-state index in [2.05, 4.69) is 53.4 Å². The standard InChI is InChI=1S/C18H21N3S/c1-12-10-15-16(11-13(12)2)21(14-5-7-19-8-6-14)18(20-15)17-4-3-9-22-17/h3-4,9-11,14,19H,5-8H2,1-2H3. The predicted molar refractivity (Wildman–Crippen MR) is 93.7 cm³/mol. The van der Waals surface area contributed by atoms with E-state index in [0.717, 1.165) is 24.4 Å². The topological polar surface area (TPSA) is 29.9 Å². The zero-order valence-electron chi connectivity index (χ0n) is 13.1. The van der Waals surface area contributed by atoms with E-state index in [4.69, 9.17) is 4.98 Å². The Labute approximate surface area is 135 Å². The van der Waals surface area contributed by atoms with Gasteiger partial charge in [-0.25, -0.2) is 4.98 Å². The Morgan fingerprint density at radius 1 is 1.18 bits per heavy atom. The molecule has 2 aromatic heterocycles. The molecule has 0 atom stereocenters. The summed E-state index contributed by atoms with van der Waals surface area (Å²) >= 11 is 1.78. The molecular weight excluding hydrogens is 290 g/mol. The van der Waals surface area contributed by atoms with Gasteiger partial charge in [0.15, 0.2) is 5.82 Å². The van der Waals surface area contributed by atoms with Crippen molar-refractivity contribution in [3.8, 4) is 10.7 Å². The smallest absolute Gasteiger partial charge is 0.151 e. The fourth-order valence-corrected chi connectivity index (χ4v) is 4.07. The van der Waals surface area contributed by atoms with Crippen LogP contribution in [0.25, 0.3) is 21.7 Å². The van der Waals surface area contributed by atoms with Gasteiger partial charge < -0.3 is 9.88 Å². The minimum Gasteiger partial charge on any atom is -0.320 e. The normalized spacial score (nSPS) is 16.5. The SMILES string of the molecule is Cc1cc2nc(-c3cccs3)n(C3CCNCC3)c2cc1C. The molecule has 1 aliphatic rings. The molecule has 4 rings (SSSR count). The predicted octanol–water partition coefficient (Wildman–Crippen LogP) is 4.31. The zero-order valence-corrected chi connectivity index (χ0v) is 13.9. The van der Waals surface area contributed by atoms with Gasteiger partial charge in [-0.05, 0) is 74.5 Å². The third-order valence-electron chi connectivity index (χ3n) is 4.72. The number of hydrogen-bond acceptors (Lipinski definition) is 3. The molecule has 0 bridgehead atoms. The molecule has 0 spiro atoms. The van der Waals surface area contributed by atoms with Gasteiger partial charge in [-0.15, -0.1) is 11.3 Å². The Bertz CT molecular complexity index is 795. The van der Waals surface area contributed by atoms with Crippen LogP contribution < -0.4 is 5.32 Å². The lowest BCUT2D eigenvalue weighted by Gasteiger charge is -2.26. The van der Waals surface area contributed by atoms with Crippen LogP contribution in [-0.4, -0.2) is 22.6 Å². The Balaban J connectivity index is 1.96. The first-order valence-corrected chi connectivity index (χ1v) is 8.86. The Kier molecular flexibility index (Phi) is 3.51. The molecule has 22 heavy (non-hydrogen) atoms. The number of imidazole rings is 1. The largest absolute Gasteiger partial charge is 0.320 e. The maximum absolute atomic E-state index is 4.99. The quantitative estimate of drug-likeness (QED) is 0.764. The van der Waals surface area contributed by atoms with E-state index in [0.29, 0.717) is 6.04 Å². The third-order valence-corrected chi connectivity index (χ3v) is 5.59. The van der Waals surface area contributed by atoms with E-state index in [1.165, 1.54) is 34.4 Å². The van der Waals surface area contributed by atoms with Crippen molar-refractivity contribution in [1.82, 2.24) is 14.9 Å². The van der Waals surface area contributed by atoms with Crippen LogP contribution >= 0.6 is 11.3 Å². The van der Waals surface area contributed by atoms with Crippen LogP contribution in [0.3, 0.4) is 0 Å². The lowest BCUT2D eigenvalue weighted by Crippen LogP contribution is -2.29. The van der Waals surface area contributed by atoms with Crippen molar-refractivity contribution in [2.45, 2.75) is 32.7 Å². The summed E-state index contributed by atoms with van der Waals surface area (Å²) in [7, 11) is 0. The van der Waals surface area contributed by atoms with Crippen LogP contribution in [0.15, 0.2) is 29.6 Å². The molecule has 3 aromatic rings. The minimum atomic E-state index is 0.547. The number of nitrogens with one attached hydrogen (secondary N) is 1. The number of nitrogens with zero attached hydrogens (tertiary/aromatic N) is 2. The van der Waals surface area contributed by atoms with E-state index in [1.807, 2.05) is 0 Å². The van der Waals surface area contributed by atoms with E-state index >= 15 is 0 Å². The molecule has 1 saturated heterocycles. The summed E-state index contributed by atoms with van der Waals surface area (Å²) in [6.07, 6.45) is 2.35. The van der Waals surface area contributed by atoms with Crippen molar-refractivity contribution in [1.29, 1.82) is 0 Å². The molecule has 1 fully saturated rings. The van der Waals surface area contributed by atoms with Gasteiger partial charge in [0.2, 0.25) is 0 Å². The van der Waals surface area contributed by atoms with Crippen molar-refractivity contribution >= 4 is 22.4 Å². The van der Waals surface area contributed by atoms with Gasteiger partial charge in [0.05, 0.1) is 15.9 Å². The van der Waals surface area contributed by atoms with E-state index in [9.17, 15) is 0 Å². The van der Waals surface area contributed by atoms with Crippen LogP contribution in [0, 0.1) is 13.8 Å². The first kappa shape index (κ1) is 14.0. The summed E-state index contributed by atoms with van der Waals surface area (Å²) in [5, 5.41) is 5.61. The fraction of sp³-hybridized carbons (Fsp3) is 0.389. The van der Waals surface area contributed by atoms with Gasteiger partial charge in [0.1, 0.15) is 0 Å². The number of thiophene rings is 1. The fourth-order valence-electron chi connectivity index (χ4n) is 3.36. The highest BCUT2D eigenvalue weighted by molar-refractivity contribution is 7.13. The summed E-state index contributed by atoms with van der Waals surface area (Å²) in [4.78, 5) is 6.25. The molecule has 0 aliphatic carbocycles. The highest BCUT2D eigenvalue weighted by Crippen LogP contribution is 2.34. The minimum absolute atomic E-state index is 0.547. The second-order valence-electron chi connectivity index (χ2n) is 6.19. The van der Waals surface area contributed by atoms with Crippen LogP contribution in [0.1, 0.15) is 30.0 Å². The average molecular weight is 311 g/mol. The second kappa shape index (κ2) is 5.52. The maximum Gasteiger partial charge on any atom is 0.151 e. The lowest BCUT2D eigenvalue weighted by molar-refractivity contribution is 0.377. The summed E-state index contributed by atoms with van der Waals surface area (Å²) in [5.41, 5.74) is 5.09. The molecule has 3 heterocycles. The van der Waals surface area contributed by atoms with Crippen LogP contribution in [0.4, 0.5) is 0 Å². The van der Waals surface area contributed by atoms with E-state index < -0.39 is 0 Å². The van der Waals surface area contributed by atoms with E-state index in [-0.39, 0.29) is 0 Å². The number of fused-ring (bicyclic) bond motifs is 1. The molecule has 0 radical (unpaired) electrons. The zero-order chi connectivity index (χ0) is 15.1. The second-order valence-corrected chi connectivity index (χ2v) is 7.14. The molecule has 0 unspecified atom stereocenters. The van der Waals surface area contributed by atoms with Crippen LogP contribution in [0.2, 0.25) is 0 Å². The third kappa shape index (κ3) is 2.27. The van der Waals surface area contributed by atoms with Crippen molar-refractivity contribution < 1.29 is 0 Å². The van der Waals surface area contributed by atoms with Crippen molar-refractivity contribution in [2.75, 3.05) is 13.1 Å². The summed E-state index contributed by atoms with van der Waals surface area (Å²) in [6.45, 7) is 6.56. The summed E-state index contributed by atoms with van der Waals surface area (Å²) in [5.74, 6) is 1.14. The Morgan fingerprint density at radius 3 is 2.68 bits per heavy atom. The lowest BCUT2D eigenvalue weighted by atomic mass is 10.0. The highest BCUT2D eigenvalue weighted by atomic mass is 32.1. The van der Waals surface area contributed by atoms with Gasteiger partial charge in [0.25, 0.3) is 0 Å². The molecule has 114 valence electrons. The first-order valence-electron chi connectivity index (χ1n) is 7.98. The number of benzene rings is 1. The maximum atomic E-state index is 4.99. The van der Waals surface area contributed by atoms with Crippen LogP contribution in [0.5, 0.6) is 0 Å².